The van der Waals surface area contributed by atoms with E-state index in [0.29, 0.717) is 16.5 Å². The predicted octanol–water partition coefficient (Wildman–Crippen LogP) is 3.47. The van der Waals surface area contributed by atoms with E-state index in [4.69, 9.17) is 22.1 Å². The van der Waals surface area contributed by atoms with Gasteiger partial charge in [0.15, 0.2) is 0 Å². The van der Waals surface area contributed by atoms with Crippen molar-refractivity contribution >= 4 is 28.3 Å². The van der Waals surface area contributed by atoms with E-state index in [1.54, 1.807) is 19.2 Å². The van der Waals surface area contributed by atoms with Crippen LogP contribution in [0.5, 0.6) is 5.75 Å². The van der Waals surface area contributed by atoms with Crippen molar-refractivity contribution in [3.05, 3.63) is 41.4 Å². The molecule has 19 heavy (non-hydrogen) atoms. The molecule has 3 rings (SSSR count). The number of H-pyrrole nitrogens is 1. The summed E-state index contributed by atoms with van der Waals surface area (Å²) in [7, 11) is 1.63. The van der Waals surface area contributed by atoms with Gasteiger partial charge in [-0.25, -0.2) is 4.98 Å². The molecule has 96 valence electrons. The molecule has 2 aromatic carbocycles. The summed E-state index contributed by atoms with van der Waals surface area (Å²) in [6.07, 6.45) is 0. The van der Waals surface area contributed by atoms with E-state index in [1.807, 2.05) is 24.3 Å². The summed E-state index contributed by atoms with van der Waals surface area (Å²) in [6.45, 7) is 0. The number of halogens is 1. The number of aromatic nitrogens is 2. The van der Waals surface area contributed by atoms with Crippen LogP contribution in [0.4, 0.5) is 5.69 Å². The van der Waals surface area contributed by atoms with Gasteiger partial charge in [-0.15, -0.1) is 0 Å². The third-order valence-electron chi connectivity index (χ3n) is 2.94. The summed E-state index contributed by atoms with van der Waals surface area (Å²) in [5.41, 5.74) is 8.91. The Morgan fingerprint density at radius 3 is 2.79 bits per heavy atom. The minimum Gasteiger partial charge on any atom is -0.497 e. The molecule has 0 saturated carbocycles. The van der Waals surface area contributed by atoms with Gasteiger partial charge in [0.05, 0.1) is 23.2 Å². The minimum atomic E-state index is 0.575. The molecule has 0 aliphatic rings. The largest absolute Gasteiger partial charge is 0.497 e. The van der Waals surface area contributed by atoms with E-state index in [0.717, 1.165) is 22.3 Å². The van der Waals surface area contributed by atoms with E-state index in [-0.39, 0.29) is 0 Å². The summed E-state index contributed by atoms with van der Waals surface area (Å²) < 4.78 is 5.19. The van der Waals surface area contributed by atoms with Gasteiger partial charge in [0, 0.05) is 17.3 Å². The summed E-state index contributed by atoms with van der Waals surface area (Å²) in [5, 5.41) is 0.575. The number of hydrogen-bond acceptors (Lipinski definition) is 3. The maximum atomic E-state index is 6.19. The Kier molecular flexibility index (Phi) is 2.80. The number of nitrogen functional groups attached to an aromatic ring is 1. The van der Waals surface area contributed by atoms with E-state index >= 15 is 0 Å². The number of imidazole rings is 1. The molecule has 0 saturated heterocycles. The van der Waals surface area contributed by atoms with Crippen LogP contribution in [-0.2, 0) is 0 Å². The van der Waals surface area contributed by atoms with Crippen LogP contribution in [0.25, 0.3) is 22.4 Å². The molecular formula is C14H12ClN3O. The number of aromatic amines is 1. The van der Waals surface area contributed by atoms with Crippen LogP contribution in [0.1, 0.15) is 0 Å². The Morgan fingerprint density at radius 2 is 2.05 bits per heavy atom. The number of fused-ring (bicyclic) bond motifs is 1. The van der Waals surface area contributed by atoms with Gasteiger partial charge in [-0.2, -0.15) is 0 Å². The molecule has 0 spiro atoms. The Morgan fingerprint density at radius 1 is 1.21 bits per heavy atom. The van der Waals surface area contributed by atoms with E-state index < -0.39 is 0 Å². The van der Waals surface area contributed by atoms with Crippen LogP contribution in [0.15, 0.2) is 36.4 Å². The first-order valence-corrected chi connectivity index (χ1v) is 6.14. The van der Waals surface area contributed by atoms with Gasteiger partial charge in [-0.05, 0) is 30.3 Å². The number of ether oxygens (including phenoxy) is 1. The third kappa shape index (κ3) is 2.11. The maximum Gasteiger partial charge on any atom is 0.140 e. The molecular weight excluding hydrogens is 262 g/mol. The molecule has 0 amide bonds. The van der Waals surface area contributed by atoms with E-state index in [2.05, 4.69) is 9.97 Å². The Hall–Kier alpha value is -2.20. The molecule has 0 aliphatic carbocycles. The van der Waals surface area contributed by atoms with Gasteiger partial charge in [0.25, 0.3) is 0 Å². The molecule has 3 N–H and O–H groups in total. The fourth-order valence-corrected chi connectivity index (χ4v) is 2.25. The zero-order valence-electron chi connectivity index (χ0n) is 10.3. The molecule has 0 bridgehead atoms. The van der Waals surface area contributed by atoms with Crippen molar-refractivity contribution in [2.75, 3.05) is 12.8 Å². The summed E-state index contributed by atoms with van der Waals surface area (Å²) in [5.74, 6) is 1.50. The smallest absolute Gasteiger partial charge is 0.140 e. The number of hydrogen-bond donors (Lipinski definition) is 2. The first kappa shape index (κ1) is 11.9. The van der Waals surface area contributed by atoms with Crippen molar-refractivity contribution < 1.29 is 4.74 Å². The molecule has 3 aromatic rings. The lowest BCUT2D eigenvalue weighted by Gasteiger charge is -2.01. The van der Waals surface area contributed by atoms with Crippen LogP contribution in [-0.4, -0.2) is 17.1 Å². The quantitative estimate of drug-likeness (QED) is 0.703. The number of nitrogens with zero attached hydrogens (tertiary/aromatic N) is 1. The van der Waals surface area contributed by atoms with E-state index in [1.165, 1.54) is 0 Å². The fraction of sp³-hybridized carbons (Fsp3) is 0.0714. The second kappa shape index (κ2) is 4.48. The van der Waals surface area contributed by atoms with Crippen molar-refractivity contribution in [2.24, 2.45) is 0 Å². The number of benzene rings is 2. The van der Waals surface area contributed by atoms with Crippen molar-refractivity contribution in [2.45, 2.75) is 0 Å². The molecule has 0 unspecified atom stereocenters. The molecule has 0 aliphatic heterocycles. The Labute approximate surface area is 115 Å². The Bertz CT molecular complexity index is 752. The number of nitrogens with two attached hydrogens (primary N) is 1. The van der Waals surface area contributed by atoms with Gasteiger partial charge in [0.1, 0.15) is 11.6 Å². The molecule has 0 fully saturated rings. The average molecular weight is 274 g/mol. The monoisotopic (exact) mass is 273 g/mol. The van der Waals surface area contributed by atoms with Gasteiger partial charge in [-0.3, -0.25) is 0 Å². The normalized spacial score (nSPS) is 10.8. The van der Waals surface area contributed by atoms with Gasteiger partial charge in [0.2, 0.25) is 0 Å². The molecule has 0 atom stereocenters. The highest BCUT2D eigenvalue weighted by Gasteiger charge is 2.09. The lowest BCUT2D eigenvalue weighted by molar-refractivity contribution is 0.415. The van der Waals surface area contributed by atoms with Crippen LogP contribution in [0.3, 0.4) is 0 Å². The first-order valence-electron chi connectivity index (χ1n) is 5.76. The Balaban J connectivity index is 2.14. The van der Waals surface area contributed by atoms with Crippen molar-refractivity contribution in [1.29, 1.82) is 0 Å². The predicted molar refractivity (Wildman–Crippen MR) is 77.5 cm³/mol. The summed E-state index contributed by atoms with van der Waals surface area (Å²) in [6, 6.07) is 11.0. The van der Waals surface area contributed by atoms with Crippen LogP contribution < -0.4 is 10.5 Å². The zero-order chi connectivity index (χ0) is 13.4. The van der Waals surface area contributed by atoms with Crippen molar-refractivity contribution in [3.63, 3.8) is 0 Å². The number of nitrogens with one attached hydrogen (secondary N) is 1. The lowest BCUT2D eigenvalue weighted by atomic mass is 10.2. The number of methoxy groups -OCH3 is 1. The minimum absolute atomic E-state index is 0.575. The van der Waals surface area contributed by atoms with Gasteiger partial charge in [-0.1, -0.05) is 11.6 Å². The van der Waals surface area contributed by atoms with Gasteiger partial charge >= 0.3 is 0 Å². The van der Waals surface area contributed by atoms with E-state index in [9.17, 15) is 0 Å². The molecule has 1 aromatic heterocycles. The summed E-state index contributed by atoms with van der Waals surface area (Å²) >= 11 is 6.19. The highest BCUT2D eigenvalue weighted by atomic mass is 35.5. The fourth-order valence-electron chi connectivity index (χ4n) is 1.97. The second-order valence-electron chi connectivity index (χ2n) is 4.21. The van der Waals surface area contributed by atoms with Crippen molar-refractivity contribution in [3.8, 4) is 17.1 Å². The van der Waals surface area contributed by atoms with Gasteiger partial charge < -0.3 is 15.5 Å². The van der Waals surface area contributed by atoms with Crippen LogP contribution in [0, 0.1) is 0 Å². The standard InChI is InChI=1S/C14H12ClN3O/c1-19-9-3-5-12-13(7-9)18-14(17-12)10-4-2-8(16)6-11(10)15/h2-7H,16H2,1H3,(H,17,18). The highest BCUT2D eigenvalue weighted by Crippen LogP contribution is 2.29. The van der Waals surface area contributed by atoms with Crippen molar-refractivity contribution in [1.82, 2.24) is 9.97 Å². The highest BCUT2D eigenvalue weighted by molar-refractivity contribution is 6.33. The molecule has 1 heterocycles. The SMILES string of the molecule is COc1ccc2nc(-c3ccc(N)cc3Cl)[nH]c2c1. The molecule has 0 radical (unpaired) electrons. The second-order valence-corrected chi connectivity index (χ2v) is 4.61. The topological polar surface area (TPSA) is 63.9 Å². The first-order chi connectivity index (χ1) is 9.17. The third-order valence-corrected chi connectivity index (χ3v) is 3.25. The van der Waals surface area contributed by atoms with Crippen LogP contribution >= 0.6 is 11.6 Å². The zero-order valence-corrected chi connectivity index (χ0v) is 11.0. The lowest BCUT2D eigenvalue weighted by Crippen LogP contribution is -1.87. The van der Waals surface area contributed by atoms with Crippen LogP contribution in [0.2, 0.25) is 5.02 Å². The number of anilines is 1. The number of rotatable bonds is 2. The molecule has 5 heteroatoms. The maximum absolute atomic E-state index is 6.19. The average Bonchev–Trinajstić information content (AvgIpc) is 2.80. The summed E-state index contributed by atoms with van der Waals surface area (Å²) in [4.78, 5) is 7.74. The molecule has 4 nitrogen and oxygen atoms in total.